The zero-order valence-corrected chi connectivity index (χ0v) is 6.80. The molecule has 0 aliphatic rings. The topological polar surface area (TPSA) is 91.0 Å². The lowest BCUT2D eigenvalue weighted by molar-refractivity contribution is 0.152. The van der Waals surface area contributed by atoms with Crippen LogP contribution in [0.2, 0.25) is 0 Å². The van der Waals surface area contributed by atoms with Gasteiger partial charge in [0.25, 0.3) is 6.43 Å². The molecule has 0 saturated heterocycles. The lowest BCUT2D eigenvalue weighted by atomic mass is 10.1. The Kier molecular flexibility index (Phi) is 2.62. The molecule has 0 unspecified atom stereocenters. The van der Waals surface area contributed by atoms with E-state index in [2.05, 4.69) is 4.98 Å². The smallest absolute Gasteiger partial charge is 0.267 e. The minimum absolute atomic E-state index is 0.00519. The summed E-state index contributed by atoms with van der Waals surface area (Å²) in [6.07, 6.45) is -1.69. The minimum atomic E-state index is -2.65. The van der Waals surface area contributed by atoms with E-state index < -0.39 is 6.43 Å². The second-order valence-electron chi connectivity index (χ2n) is 2.50. The van der Waals surface area contributed by atoms with Crippen molar-refractivity contribution in [2.45, 2.75) is 13.0 Å². The number of nitrogens with zero attached hydrogens (tertiary/aromatic N) is 1. The summed E-state index contributed by atoms with van der Waals surface area (Å²) in [6, 6.07) is 0. The van der Waals surface area contributed by atoms with Crippen molar-refractivity contribution in [2.24, 2.45) is 5.73 Å². The second kappa shape index (κ2) is 3.53. The van der Waals surface area contributed by atoms with Crippen LogP contribution in [0.5, 0.6) is 0 Å². The number of halogens is 2. The van der Waals surface area contributed by atoms with Crippen molar-refractivity contribution in [1.29, 1.82) is 0 Å². The second-order valence-corrected chi connectivity index (χ2v) is 2.50. The summed E-state index contributed by atoms with van der Waals surface area (Å²) in [6.45, 7) is 0.00519. The molecule has 4 nitrogen and oxygen atoms in total. The molecule has 13 heavy (non-hydrogen) atoms. The maximum Gasteiger partial charge on any atom is 0.267 e. The summed E-state index contributed by atoms with van der Waals surface area (Å²) < 4.78 is 24.5. The average Bonchev–Trinajstić information content (AvgIpc) is 2.04. The molecule has 0 atom stereocenters. The summed E-state index contributed by atoms with van der Waals surface area (Å²) in [5, 5.41) is 0. The SMILES string of the molecule is NCc1c(N)ncc(C(F)F)c1N. The average molecular weight is 188 g/mol. The van der Waals surface area contributed by atoms with Crippen LogP contribution in [0.4, 0.5) is 20.3 Å². The molecule has 72 valence electrons. The summed E-state index contributed by atoms with van der Waals surface area (Å²) in [5.74, 6) is 0.101. The van der Waals surface area contributed by atoms with E-state index >= 15 is 0 Å². The predicted molar refractivity (Wildman–Crippen MR) is 45.9 cm³/mol. The molecule has 6 heteroatoms. The largest absolute Gasteiger partial charge is 0.398 e. The van der Waals surface area contributed by atoms with E-state index in [4.69, 9.17) is 17.2 Å². The summed E-state index contributed by atoms with van der Waals surface area (Å²) in [7, 11) is 0. The van der Waals surface area contributed by atoms with E-state index in [-0.39, 0.29) is 29.2 Å². The molecular weight excluding hydrogens is 178 g/mol. The zero-order valence-electron chi connectivity index (χ0n) is 6.80. The quantitative estimate of drug-likeness (QED) is 0.635. The maximum atomic E-state index is 12.3. The van der Waals surface area contributed by atoms with E-state index in [1.54, 1.807) is 0 Å². The fraction of sp³-hybridized carbons (Fsp3) is 0.286. The van der Waals surface area contributed by atoms with Gasteiger partial charge in [-0.1, -0.05) is 0 Å². The van der Waals surface area contributed by atoms with Gasteiger partial charge < -0.3 is 17.2 Å². The third-order valence-corrected chi connectivity index (χ3v) is 1.73. The van der Waals surface area contributed by atoms with Crippen molar-refractivity contribution in [3.05, 3.63) is 17.3 Å². The lowest BCUT2D eigenvalue weighted by Gasteiger charge is -2.10. The number of nitrogen functional groups attached to an aromatic ring is 2. The Labute approximate surface area is 73.7 Å². The van der Waals surface area contributed by atoms with Crippen LogP contribution >= 0.6 is 0 Å². The van der Waals surface area contributed by atoms with Crippen molar-refractivity contribution in [2.75, 3.05) is 11.5 Å². The highest BCUT2D eigenvalue weighted by Gasteiger charge is 2.15. The Morgan fingerprint density at radius 3 is 2.46 bits per heavy atom. The molecule has 0 spiro atoms. The number of anilines is 2. The molecule has 0 bridgehead atoms. The first-order valence-corrected chi connectivity index (χ1v) is 3.58. The Bertz CT molecular complexity index is 314. The van der Waals surface area contributed by atoms with Crippen LogP contribution in [-0.4, -0.2) is 4.98 Å². The standard InChI is InChI=1S/C7H10F2N4/c8-6(9)4-2-13-7(12)3(1-10)5(4)11/h2,6H,1,10H2,(H4,11,12,13). The van der Waals surface area contributed by atoms with Gasteiger partial charge in [0, 0.05) is 18.3 Å². The van der Waals surface area contributed by atoms with Crippen molar-refractivity contribution in [3.8, 4) is 0 Å². The van der Waals surface area contributed by atoms with E-state index in [1.807, 2.05) is 0 Å². The summed E-state index contributed by atoms with van der Waals surface area (Å²) >= 11 is 0. The number of rotatable bonds is 2. The van der Waals surface area contributed by atoms with Gasteiger partial charge in [0.2, 0.25) is 0 Å². The fourth-order valence-corrected chi connectivity index (χ4v) is 0.987. The molecule has 1 aromatic heterocycles. The first kappa shape index (κ1) is 9.66. The predicted octanol–water partition coefficient (Wildman–Crippen LogP) is 0.642. The molecule has 0 aromatic carbocycles. The molecule has 6 N–H and O–H groups in total. The van der Waals surface area contributed by atoms with Crippen molar-refractivity contribution < 1.29 is 8.78 Å². The maximum absolute atomic E-state index is 12.3. The summed E-state index contributed by atoms with van der Waals surface area (Å²) in [5.41, 5.74) is 16.0. The third-order valence-electron chi connectivity index (χ3n) is 1.73. The van der Waals surface area contributed by atoms with Crippen molar-refractivity contribution in [3.63, 3.8) is 0 Å². The Balaban J connectivity index is 3.27. The van der Waals surface area contributed by atoms with Crippen molar-refractivity contribution in [1.82, 2.24) is 4.98 Å². The van der Waals surface area contributed by atoms with Crippen LogP contribution in [-0.2, 0) is 6.54 Å². The first-order valence-electron chi connectivity index (χ1n) is 3.58. The Hall–Kier alpha value is -1.43. The van der Waals surface area contributed by atoms with E-state index in [0.717, 1.165) is 6.20 Å². The molecule has 0 amide bonds. The molecule has 0 saturated carbocycles. The monoisotopic (exact) mass is 188 g/mol. The van der Waals surface area contributed by atoms with E-state index in [9.17, 15) is 8.78 Å². The van der Waals surface area contributed by atoms with Crippen LogP contribution in [0.25, 0.3) is 0 Å². The highest BCUT2D eigenvalue weighted by molar-refractivity contribution is 5.61. The summed E-state index contributed by atoms with van der Waals surface area (Å²) in [4.78, 5) is 3.57. The molecule has 0 radical (unpaired) electrons. The van der Waals surface area contributed by atoms with Gasteiger partial charge in [-0.2, -0.15) is 0 Å². The van der Waals surface area contributed by atoms with Gasteiger partial charge in [0.1, 0.15) is 5.82 Å². The van der Waals surface area contributed by atoms with Gasteiger partial charge >= 0.3 is 0 Å². The molecule has 1 aromatic rings. The van der Waals surface area contributed by atoms with Gasteiger partial charge in [0.05, 0.1) is 11.3 Å². The number of aromatic nitrogens is 1. The van der Waals surface area contributed by atoms with Crippen molar-refractivity contribution >= 4 is 11.5 Å². The number of pyridine rings is 1. The van der Waals surface area contributed by atoms with Gasteiger partial charge in [-0.3, -0.25) is 0 Å². The lowest BCUT2D eigenvalue weighted by Crippen LogP contribution is -2.10. The molecular formula is C7H10F2N4. The normalized spacial score (nSPS) is 10.8. The van der Waals surface area contributed by atoms with Crippen LogP contribution < -0.4 is 17.2 Å². The number of alkyl halides is 2. The minimum Gasteiger partial charge on any atom is -0.398 e. The first-order chi connectivity index (χ1) is 6.07. The Morgan fingerprint density at radius 1 is 1.38 bits per heavy atom. The highest BCUT2D eigenvalue weighted by atomic mass is 19.3. The van der Waals surface area contributed by atoms with Gasteiger partial charge in [-0.15, -0.1) is 0 Å². The number of nitrogens with two attached hydrogens (primary N) is 3. The molecule has 0 aliphatic carbocycles. The van der Waals surface area contributed by atoms with Crippen LogP contribution in [0.1, 0.15) is 17.6 Å². The van der Waals surface area contributed by atoms with Crippen LogP contribution in [0, 0.1) is 0 Å². The van der Waals surface area contributed by atoms with Crippen LogP contribution in [0.15, 0.2) is 6.20 Å². The Morgan fingerprint density at radius 2 is 2.00 bits per heavy atom. The molecule has 1 rings (SSSR count). The zero-order chi connectivity index (χ0) is 10.0. The number of hydrogen-bond donors (Lipinski definition) is 3. The van der Waals surface area contributed by atoms with E-state index in [1.165, 1.54) is 0 Å². The molecule has 0 fully saturated rings. The van der Waals surface area contributed by atoms with E-state index in [0.29, 0.717) is 0 Å². The fourth-order valence-electron chi connectivity index (χ4n) is 0.987. The van der Waals surface area contributed by atoms with Gasteiger partial charge in [-0.05, 0) is 0 Å². The van der Waals surface area contributed by atoms with Gasteiger partial charge in [0.15, 0.2) is 0 Å². The number of hydrogen-bond acceptors (Lipinski definition) is 4. The van der Waals surface area contributed by atoms with Crippen LogP contribution in [0.3, 0.4) is 0 Å². The molecule has 0 aliphatic heterocycles. The third kappa shape index (κ3) is 1.67. The highest BCUT2D eigenvalue weighted by Crippen LogP contribution is 2.28. The van der Waals surface area contributed by atoms with Gasteiger partial charge in [-0.25, -0.2) is 13.8 Å². The molecule has 1 heterocycles.